The van der Waals surface area contributed by atoms with E-state index in [4.69, 9.17) is 16.0 Å². The van der Waals surface area contributed by atoms with Gasteiger partial charge in [0.2, 0.25) is 0 Å². The van der Waals surface area contributed by atoms with Crippen molar-refractivity contribution in [1.29, 1.82) is 0 Å². The van der Waals surface area contributed by atoms with Crippen molar-refractivity contribution in [2.75, 3.05) is 18.4 Å². The number of hydrogen-bond acceptors (Lipinski definition) is 4. The van der Waals surface area contributed by atoms with Crippen molar-refractivity contribution in [2.24, 2.45) is 0 Å². The number of urea groups is 1. The number of anilines is 1. The number of furan rings is 1. The average Bonchev–Trinajstić information content (AvgIpc) is 2.91. The van der Waals surface area contributed by atoms with Gasteiger partial charge in [-0.3, -0.25) is 0 Å². The number of hydrogen-bond donors (Lipinski definition) is 1. The molecule has 0 saturated carbocycles. The third kappa shape index (κ3) is 3.51. The molecule has 2 aromatic rings. The zero-order chi connectivity index (χ0) is 16.4. The molecule has 0 spiro atoms. The fourth-order valence-corrected chi connectivity index (χ4v) is 4.09. The fraction of sp³-hybridized carbons (Fsp3) is 0.267. The lowest BCUT2D eigenvalue weighted by molar-refractivity contribution is 0.182. The molecular formula is C15H15ClN2O4S. The number of likely N-dealkylation sites (tertiary alicyclic amines) is 1. The van der Waals surface area contributed by atoms with E-state index < -0.39 is 15.1 Å². The van der Waals surface area contributed by atoms with Crippen molar-refractivity contribution < 1.29 is 17.6 Å². The topological polar surface area (TPSA) is 79.6 Å². The van der Waals surface area contributed by atoms with Crippen LogP contribution < -0.4 is 5.32 Å². The summed E-state index contributed by atoms with van der Waals surface area (Å²) in [7, 11) is -3.34. The third-order valence-corrected chi connectivity index (χ3v) is 6.01. The van der Waals surface area contributed by atoms with Gasteiger partial charge in [-0.05, 0) is 24.3 Å². The number of carbonyl (C=O) groups is 1. The smallest absolute Gasteiger partial charge is 0.321 e. The monoisotopic (exact) mass is 354 g/mol. The Morgan fingerprint density at radius 2 is 2.00 bits per heavy atom. The van der Waals surface area contributed by atoms with Gasteiger partial charge in [-0.25, -0.2) is 13.2 Å². The van der Waals surface area contributed by atoms with Crippen molar-refractivity contribution in [3.63, 3.8) is 0 Å². The van der Waals surface area contributed by atoms with E-state index in [0.717, 1.165) is 0 Å². The molecule has 122 valence electrons. The highest BCUT2D eigenvalue weighted by atomic mass is 35.5. The predicted octanol–water partition coefficient (Wildman–Crippen LogP) is 2.76. The molecule has 0 radical (unpaired) electrons. The molecule has 0 unspecified atom stereocenters. The molecule has 1 N–H and O–H groups in total. The van der Waals surface area contributed by atoms with Crippen LogP contribution >= 0.6 is 11.6 Å². The summed E-state index contributed by atoms with van der Waals surface area (Å²) in [4.78, 5) is 13.5. The van der Waals surface area contributed by atoms with Crippen LogP contribution in [0.4, 0.5) is 10.5 Å². The van der Waals surface area contributed by atoms with Crippen molar-refractivity contribution in [3.05, 3.63) is 53.4 Å². The van der Waals surface area contributed by atoms with E-state index in [2.05, 4.69) is 5.32 Å². The molecule has 23 heavy (non-hydrogen) atoms. The maximum absolute atomic E-state index is 12.2. The maximum Gasteiger partial charge on any atom is 0.321 e. The first-order valence-electron chi connectivity index (χ1n) is 7.00. The number of carbonyl (C=O) groups excluding carboxylic acids is 1. The second-order valence-corrected chi connectivity index (χ2v) is 8.01. The minimum Gasteiger partial charge on any atom is -0.468 e. The van der Waals surface area contributed by atoms with E-state index in [-0.39, 0.29) is 24.9 Å². The second-order valence-electron chi connectivity index (χ2n) is 5.32. The van der Waals surface area contributed by atoms with E-state index in [1.54, 1.807) is 36.4 Å². The molecule has 1 aliphatic rings. The van der Waals surface area contributed by atoms with E-state index in [0.29, 0.717) is 16.5 Å². The van der Waals surface area contributed by atoms with Crippen LogP contribution in [0.25, 0.3) is 0 Å². The molecule has 1 aromatic carbocycles. The zero-order valence-electron chi connectivity index (χ0n) is 12.1. The van der Waals surface area contributed by atoms with Gasteiger partial charge >= 0.3 is 6.03 Å². The quantitative estimate of drug-likeness (QED) is 0.915. The van der Waals surface area contributed by atoms with Crippen LogP contribution in [0.15, 0.2) is 47.1 Å². The van der Waals surface area contributed by atoms with E-state index in [1.165, 1.54) is 11.2 Å². The minimum atomic E-state index is -3.34. The Morgan fingerprint density at radius 1 is 1.26 bits per heavy atom. The lowest BCUT2D eigenvalue weighted by atomic mass is 10.2. The highest BCUT2D eigenvalue weighted by molar-refractivity contribution is 7.91. The van der Waals surface area contributed by atoms with Gasteiger partial charge < -0.3 is 14.6 Å². The number of benzene rings is 1. The number of halogens is 1. The van der Waals surface area contributed by atoms with Gasteiger partial charge in [0.1, 0.15) is 11.5 Å². The summed E-state index contributed by atoms with van der Waals surface area (Å²) in [5.74, 6) is 0.258. The SMILES string of the molecule is O=C(Nc1ccccc1Cl)N1CC(S(=O)(=O)Cc2ccco2)C1. The Bertz CT molecular complexity index is 799. The molecule has 1 fully saturated rings. The summed E-state index contributed by atoms with van der Waals surface area (Å²) in [6.45, 7) is 0.332. The average molecular weight is 355 g/mol. The number of rotatable bonds is 4. The van der Waals surface area contributed by atoms with E-state index in [9.17, 15) is 13.2 Å². The Hall–Kier alpha value is -1.99. The number of nitrogens with zero attached hydrogens (tertiary/aromatic N) is 1. The number of para-hydroxylation sites is 1. The van der Waals surface area contributed by atoms with Gasteiger partial charge in [0.15, 0.2) is 9.84 Å². The molecule has 0 atom stereocenters. The summed E-state index contributed by atoms with van der Waals surface area (Å²) in [6.07, 6.45) is 1.44. The summed E-state index contributed by atoms with van der Waals surface area (Å²) >= 11 is 5.98. The van der Waals surface area contributed by atoms with Crippen molar-refractivity contribution >= 4 is 33.2 Å². The number of sulfone groups is 1. The van der Waals surface area contributed by atoms with Crippen LogP contribution in [0.2, 0.25) is 5.02 Å². The molecule has 2 amide bonds. The van der Waals surface area contributed by atoms with E-state index in [1.807, 2.05) is 0 Å². The Morgan fingerprint density at radius 3 is 2.65 bits per heavy atom. The fourth-order valence-electron chi connectivity index (χ4n) is 2.30. The van der Waals surface area contributed by atoms with Gasteiger partial charge in [-0.15, -0.1) is 0 Å². The van der Waals surface area contributed by atoms with Crippen LogP contribution in [-0.2, 0) is 15.6 Å². The summed E-state index contributed by atoms with van der Waals surface area (Å²) in [5.41, 5.74) is 0.501. The summed E-state index contributed by atoms with van der Waals surface area (Å²) < 4.78 is 29.5. The zero-order valence-corrected chi connectivity index (χ0v) is 13.7. The minimum absolute atomic E-state index is 0.148. The second kappa shape index (κ2) is 6.25. The van der Waals surface area contributed by atoms with Gasteiger partial charge in [-0.2, -0.15) is 0 Å². The summed E-state index contributed by atoms with van der Waals surface area (Å²) in [5, 5.41) is 2.54. The molecule has 3 rings (SSSR count). The van der Waals surface area contributed by atoms with Crippen LogP contribution in [0.1, 0.15) is 5.76 Å². The predicted molar refractivity (Wildman–Crippen MR) is 87.2 cm³/mol. The van der Waals surface area contributed by atoms with Gasteiger partial charge in [0, 0.05) is 13.1 Å². The van der Waals surface area contributed by atoms with Crippen molar-refractivity contribution in [3.8, 4) is 0 Å². The van der Waals surface area contributed by atoms with Crippen molar-refractivity contribution in [1.82, 2.24) is 4.90 Å². The van der Waals surface area contributed by atoms with Crippen LogP contribution in [-0.4, -0.2) is 37.7 Å². The summed E-state index contributed by atoms with van der Waals surface area (Å²) in [6, 6.07) is 9.79. The lowest BCUT2D eigenvalue weighted by Gasteiger charge is -2.38. The first-order valence-corrected chi connectivity index (χ1v) is 9.09. The first-order chi connectivity index (χ1) is 11.0. The molecule has 8 heteroatoms. The number of amides is 2. The van der Waals surface area contributed by atoms with E-state index >= 15 is 0 Å². The Kier molecular flexibility index (Phi) is 4.32. The molecule has 6 nitrogen and oxygen atoms in total. The molecular weight excluding hydrogens is 340 g/mol. The maximum atomic E-state index is 12.2. The highest BCUT2D eigenvalue weighted by Gasteiger charge is 2.40. The highest BCUT2D eigenvalue weighted by Crippen LogP contribution is 2.24. The lowest BCUT2D eigenvalue weighted by Crippen LogP contribution is -2.58. The molecule has 0 aliphatic carbocycles. The first kappa shape index (κ1) is 15.9. The Labute approximate surface area is 139 Å². The molecule has 1 aromatic heterocycles. The van der Waals surface area contributed by atoms with Gasteiger partial charge in [0.05, 0.1) is 22.2 Å². The molecule has 0 bridgehead atoms. The molecule has 1 aliphatic heterocycles. The Balaban J connectivity index is 1.56. The standard InChI is InChI=1S/C15H15ClN2O4S/c16-13-5-1-2-6-14(13)17-15(19)18-8-12(9-18)23(20,21)10-11-4-3-7-22-11/h1-7,12H,8-10H2,(H,17,19). The third-order valence-electron chi connectivity index (χ3n) is 3.68. The van der Waals surface area contributed by atoms with Gasteiger partial charge in [0.25, 0.3) is 0 Å². The van der Waals surface area contributed by atoms with Crippen LogP contribution in [0.3, 0.4) is 0 Å². The molecule has 1 saturated heterocycles. The number of nitrogens with one attached hydrogen (secondary N) is 1. The van der Waals surface area contributed by atoms with Crippen LogP contribution in [0, 0.1) is 0 Å². The normalized spacial score (nSPS) is 15.3. The van der Waals surface area contributed by atoms with Crippen molar-refractivity contribution in [2.45, 2.75) is 11.0 Å². The van der Waals surface area contributed by atoms with Crippen LogP contribution in [0.5, 0.6) is 0 Å². The molecule has 2 heterocycles. The van der Waals surface area contributed by atoms with Gasteiger partial charge in [-0.1, -0.05) is 23.7 Å². The largest absolute Gasteiger partial charge is 0.468 e.